The van der Waals surface area contributed by atoms with Gasteiger partial charge in [0.15, 0.2) is 9.84 Å². The molecule has 1 saturated carbocycles. The molecule has 0 spiro atoms. The van der Waals surface area contributed by atoms with Crippen LogP contribution in [0.4, 0.5) is 11.5 Å². The van der Waals surface area contributed by atoms with Crippen LogP contribution >= 0.6 is 0 Å². The Morgan fingerprint density at radius 1 is 1.58 bits per heavy atom. The molecule has 19 heavy (non-hydrogen) atoms. The molecule has 3 N–H and O–H groups in total. The zero-order valence-electron chi connectivity index (χ0n) is 10.7. The molecule has 1 fully saturated rings. The second kappa shape index (κ2) is 4.70. The highest BCUT2D eigenvalue weighted by Gasteiger charge is 2.46. The van der Waals surface area contributed by atoms with Gasteiger partial charge < -0.3 is 11.1 Å². The van der Waals surface area contributed by atoms with Gasteiger partial charge in [0.25, 0.3) is 0 Å². The lowest BCUT2D eigenvalue weighted by molar-refractivity contribution is 0.353. The molecular weight excluding hydrogens is 264 g/mol. The van der Waals surface area contributed by atoms with Gasteiger partial charge >= 0.3 is 0 Å². The highest BCUT2D eigenvalue weighted by atomic mass is 32.2. The van der Waals surface area contributed by atoms with E-state index in [0.29, 0.717) is 25.1 Å². The van der Waals surface area contributed by atoms with Gasteiger partial charge in [-0.1, -0.05) is 6.42 Å². The first-order valence-corrected chi connectivity index (χ1v) is 7.87. The molecule has 0 unspecified atom stereocenters. The molecule has 1 heterocycles. The average molecular weight is 280 g/mol. The van der Waals surface area contributed by atoms with Gasteiger partial charge in [0.1, 0.15) is 17.5 Å². The molecular formula is C12H16N4O2S. The fourth-order valence-corrected chi connectivity index (χ4v) is 3.61. The lowest BCUT2D eigenvalue weighted by atomic mass is 9.84. The van der Waals surface area contributed by atoms with Crippen molar-refractivity contribution in [2.45, 2.75) is 24.0 Å². The molecule has 0 radical (unpaired) electrons. The van der Waals surface area contributed by atoms with Crippen LogP contribution in [0, 0.1) is 11.3 Å². The summed E-state index contributed by atoms with van der Waals surface area (Å²) in [5, 5.41) is 12.1. The number of nitrogens with zero attached hydrogens (tertiary/aromatic N) is 2. The molecule has 1 aromatic heterocycles. The zero-order valence-corrected chi connectivity index (χ0v) is 11.5. The number of rotatable bonds is 4. The van der Waals surface area contributed by atoms with E-state index in [1.165, 1.54) is 12.5 Å². The van der Waals surface area contributed by atoms with Crippen LogP contribution in [-0.2, 0) is 9.84 Å². The van der Waals surface area contributed by atoms with E-state index in [1.807, 2.05) is 6.07 Å². The van der Waals surface area contributed by atoms with E-state index in [1.54, 1.807) is 6.07 Å². The molecule has 0 aliphatic heterocycles. The van der Waals surface area contributed by atoms with Crippen molar-refractivity contribution < 1.29 is 8.42 Å². The molecule has 0 bridgehead atoms. The topological polar surface area (TPSA) is 109 Å². The van der Waals surface area contributed by atoms with Crippen LogP contribution in [-0.4, -0.2) is 30.9 Å². The summed E-state index contributed by atoms with van der Waals surface area (Å²) < 4.78 is 23.0. The quantitative estimate of drug-likeness (QED) is 0.848. The van der Waals surface area contributed by atoms with Crippen LogP contribution in [0.15, 0.2) is 12.3 Å². The molecule has 7 heteroatoms. The lowest BCUT2D eigenvalue weighted by Gasteiger charge is -2.40. The summed E-state index contributed by atoms with van der Waals surface area (Å²) in [4.78, 5) is 3.83. The Balaban J connectivity index is 2.20. The fraction of sp³-hybridized carbons (Fsp3) is 0.500. The Bertz CT molecular complexity index is 630. The minimum absolute atomic E-state index is 0.148. The summed E-state index contributed by atoms with van der Waals surface area (Å²) in [6, 6.07) is 3.60. The van der Waals surface area contributed by atoms with E-state index in [0.717, 1.165) is 6.42 Å². The summed E-state index contributed by atoms with van der Waals surface area (Å²) in [7, 11) is -3.12. The second-order valence-corrected chi connectivity index (χ2v) is 7.30. The second-order valence-electron chi connectivity index (χ2n) is 4.89. The number of nitriles is 1. The molecule has 0 aromatic carbocycles. The minimum Gasteiger partial charge on any atom is -0.383 e. The van der Waals surface area contributed by atoms with Crippen LogP contribution < -0.4 is 11.1 Å². The Morgan fingerprint density at radius 3 is 2.74 bits per heavy atom. The van der Waals surface area contributed by atoms with Gasteiger partial charge in [-0.15, -0.1) is 0 Å². The van der Waals surface area contributed by atoms with Crippen molar-refractivity contribution in [3.05, 3.63) is 17.8 Å². The maximum atomic E-state index is 11.8. The monoisotopic (exact) mass is 280 g/mol. The summed E-state index contributed by atoms with van der Waals surface area (Å²) in [6.07, 6.45) is 4.98. The molecule has 1 aliphatic carbocycles. The number of hydrogen-bond acceptors (Lipinski definition) is 6. The van der Waals surface area contributed by atoms with Gasteiger partial charge in [-0.25, -0.2) is 13.4 Å². The SMILES string of the molecule is CS(=O)(=O)C1(CNc2ccnc(N)c2C#N)CCC1. The predicted octanol–water partition coefficient (Wildman–Crippen LogP) is 0.915. The van der Waals surface area contributed by atoms with Crippen LogP contribution in [0.5, 0.6) is 0 Å². The molecule has 1 aliphatic rings. The zero-order chi connectivity index (χ0) is 14.1. The number of aromatic nitrogens is 1. The summed E-state index contributed by atoms with van der Waals surface area (Å²) in [5.41, 5.74) is 6.40. The van der Waals surface area contributed by atoms with Crippen molar-refractivity contribution in [1.29, 1.82) is 5.26 Å². The van der Waals surface area contributed by atoms with Crippen molar-refractivity contribution in [1.82, 2.24) is 4.98 Å². The van der Waals surface area contributed by atoms with Crippen LogP contribution in [0.3, 0.4) is 0 Å². The number of pyridine rings is 1. The number of nitrogens with two attached hydrogens (primary N) is 1. The van der Waals surface area contributed by atoms with Gasteiger partial charge in [0.05, 0.1) is 10.4 Å². The van der Waals surface area contributed by atoms with Crippen LogP contribution in [0.1, 0.15) is 24.8 Å². The van der Waals surface area contributed by atoms with E-state index in [-0.39, 0.29) is 11.4 Å². The molecule has 6 nitrogen and oxygen atoms in total. The van der Waals surface area contributed by atoms with E-state index in [9.17, 15) is 8.42 Å². The first-order valence-electron chi connectivity index (χ1n) is 5.98. The maximum absolute atomic E-state index is 11.8. The molecule has 0 amide bonds. The van der Waals surface area contributed by atoms with Crippen molar-refractivity contribution in [3.63, 3.8) is 0 Å². The molecule has 1 aromatic rings. The van der Waals surface area contributed by atoms with E-state index >= 15 is 0 Å². The van der Waals surface area contributed by atoms with E-state index < -0.39 is 14.6 Å². The highest BCUT2D eigenvalue weighted by molar-refractivity contribution is 7.92. The van der Waals surface area contributed by atoms with E-state index in [2.05, 4.69) is 10.3 Å². The predicted molar refractivity (Wildman–Crippen MR) is 73.3 cm³/mol. The van der Waals surface area contributed by atoms with Crippen molar-refractivity contribution in [3.8, 4) is 6.07 Å². The van der Waals surface area contributed by atoms with Gasteiger partial charge in [0.2, 0.25) is 0 Å². The number of nitrogen functional groups attached to an aromatic ring is 1. The van der Waals surface area contributed by atoms with Gasteiger partial charge in [-0.05, 0) is 18.9 Å². The minimum atomic E-state index is -3.12. The standard InChI is InChI=1S/C12H16N4O2S/c1-19(17,18)12(4-2-5-12)8-16-10-3-6-15-11(14)9(10)7-13/h3,6H,2,4-5,8H2,1H3,(H3,14,15,16). The fourth-order valence-electron chi connectivity index (χ4n) is 2.25. The summed E-state index contributed by atoms with van der Waals surface area (Å²) >= 11 is 0. The third-order valence-electron chi connectivity index (χ3n) is 3.74. The lowest BCUT2D eigenvalue weighted by Crippen LogP contribution is -2.50. The number of nitrogens with one attached hydrogen (secondary N) is 1. The van der Waals surface area contributed by atoms with Crippen molar-refractivity contribution in [2.24, 2.45) is 0 Å². The Hall–Kier alpha value is -1.81. The molecule has 0 atom stereocenters. The first kappa shape index (κ1) is 13.6. The molecule has 0 saturated heterocycles. The largest absolute Gasteiger partial charge is 0.383 e. The molecule has 2 rings (SSSR count). The van der Waals surface area contributed by atoms with E-state index in [4.69, 9.17) is 11.0 Å². The average Bonchev–Trinajstić information content (AvgIpc) is 2.25. The van der Waals surface area contributed by atoms with Crippen LogP contribution in [0.2, 0.25) is 0 Å². The summed E-state index contributed by atoms with van der Waals surface area (Å²) in [6.45, 7) is 0.296. The summed E-state index contributed by atoms with van der Waals surface area (Å²) in [5.74, 6) is 0.148. The highest BCUT2D eigenvalue weighted by Crippen LogP contribution is 2.39. The third-order valence-corrected chi connectivity index (χ3v) is 5.87. The van der Waals surface area contributed by atoms with Crippen molar-refractivity contribution >= 4 is 21.3 Å². The van der Waals surface area contributed by atoms with Gasteiger partial charge in [0, 0.05) is 19.0 Å². The Labute approximate surface area is 112 Å². The van der Waals surface area contributed by atoms with Gasteiger partial charge in [-0.2, -0.15) is 5.26 Å². The maximum Gasteiger partial charge on any atom is 0.154 e. The normalized spacial score (nSPS) is 17.3. The van der Waals surface area contributed by atoms with Crippen molar-refractivity contribution in [2.75, 3.05) is 23.9 Å². The third kappa shape index (κ3) is 2.36. The first-order chi connectivity index (χ1) is 8.89. The Kier molecular flexibility index (Phi) is 3.37. The number of sulfone groups is 1. The Morgan fingerprint density at radius 2 is 2.26 bits per heavy atom. The number of anilines is 2. The smallest absolute Gasteiger partial charge is 0.154 e. The number of hydrogen-bond donors (Lipinski definition) is 2. The molecule has 102 valence electrons. The van der Waals surface area contributed by atoms with Gasteiger partial charge in [-0.3, -0.25) is 0 Å². The van der Waals surface area contributed by atoms with Crippen LogP contribution in [0.25, 0.3) is 0 Å².